The first-order valence-corrected chi connectivity index (χ1v) is 9.79. The molecule has 0 radical (unpaired) electrons. The van der Waals surface area contributed by atoms with E-state index in [2.05, 4.69) is 20.2 Å². The molecule has 3 heterocycles. The number of hydrogen-bond donors (Lipinski definition) is 0. The van der Waals surface area contributed by atoms with Crippen LogP contribution in [0.15, 0.2) is 36.7 Å². The second-order valence-corrected chi connectivity index (χ2v) is 7.55. The third kappa shape index (κ3) is 3.88. The summed E-state index contributed by atoms with van der Waals surface area (Å²) in [7, 11) is 1.80. The molecule has 0 saturated carbocycles. The molecule has 10 heteroatoms. The van der Waals surface area contributed by atoms with Crippen molar-refractivity contribution in [1.82, 2.24) is 29.5 Å². The lowest BCUT2D eigenvalue weighted by Gasteiger charge is -2.09. The number of rotatable bonds is 4. The van der Waals surface area contributed by atoms with Gasteiger partial charge in [-0.1, -0.05) is 0 Å². The van der Waals surface area contributed by atoms with Crippen LogP contribution < -0.4 is 0 Å². The summed E-state index contributed by atoms with van der Waals surface area (Å²) in [6.07, 6.45) is -2.80. The highest BCUT2D eigenvalue weighted by atomic mass is 19.4. The first-order valence-electron chi connectivity index (χ1n) is 9.79. The van der Waals surface area contributed by atoms with Crippen LogP contribution in [0, 0.1) is 26.6 Å². The largest absolute Gasteiger partial charge is 0.419 e. The molecule has 0 aliphatic rings. The Balaban J connectivity index is 1.69. The molecule has 0 spiro atoms. The van der Waals surface area contributed by atoms with Crippen LogP contribution in [-0.2, 0) is 19.6 Å². The fourth-order valence-corrected chi connectivity index (χ4v) is 3.84. The molecule has 3 aromatic heterocycles. The van der Waals surface area contributed by atoms with Crippen LogP contribution in [0.5, 0.6) is 0 Å². The molecule has 0 aliphatic carbocycles. The summed E-state index contributed by atoms with van der Waals surface area (Å²) >= 11 is 0. The van der Waals surface area contributed by atoms with E-state index in [-0.39, 0.29) is 23.0 Å². The minimum Gasteiger partial charge on any atom is -0.271 e. The molecule has 6 nitrogen and oxygen atoms in total. The maximum atomic E-state index is 13.3. The monoisotopic (exact) mass is 444 g/mol. The van der Waals surface area contributed by atoms with Crippen molar-refractivity contribution in [3.8, 4) is 17.1 Å². The zero-order valence-electron chi connectivity index (χ0n) is 17.9. The van der Waals surface area contributed by atoms with Gasteiger partial charge in [-0.2, -0.15) is 23.4 Å². The number of halogens is 4. The first-order chi connectivity index (χ1) is 15.1. The highest BCUT2D eigenvalue weighted by Crippen LogP contribution is 2.35. The number of aromatic nitrogens is 6. The van der Waals surface area contributed by atoms with Crippen molar-refractivity contribution in [2.75, 3.05) is 0 Å². The van der Waals surface area contributed by atoms with Gasteiger partial charge >= 0.3 is 6.18 Å². The highest BCUT2D eigenvalue weighted by Gasteiger charge is 2.37. The molecule has 1 aromatic carbocycles. The maximum Gasteiger partial charge on any atom is 0.419 e. The minimum absolute atomic E-state index is 0.0324. The van der Waals surface area contributed by atoms with E-state index in [4.69, 9.17) is 0 Å². The van der Waals surface area contributed by atoms with Crippen LogP contribution >= 0.6 is 0 Å². The summed E-state index contributed by atoms with van der Waals surface area (Å²) in [4.78, 5) is 8.40. The van der Waals surface area contributed by atoms with Crippen molar-refractivity contribution in [3.63, 3.8) is 0 Å². The minimum atomic E-state index is -4.50. The molecule has 4 rings (SSSR count). The second kappa shape index (κ2) is 7.85. The van der Waals surface area contributed by atoms with Crippen molar-refractivity contribution in [1.29, 1.82) is 0 Å². The molecule has 166 valence electrons. The Hall–Kier alpha value is -3.56. The Kier molecular flexibility index (Phi) is 5.31. The fourth-order valence-electron chi connectivity index (χ4n) is 3.84. The van der Waals surface area contributed by atoms with Gasteiger partial charge < -0.3 is 0 Å². The first kappa shape index (κ1) is 21.7. The van der Waals surface area contributed by atoms with Crippen molar-refractivity contribution in [2.45, 2.75) is 33.4 Å². The lowest BCUT2D eigenvalue weighted by Crippen LogP contribution is -2.09. The average molecular weight is 444 g/mol. The molecule has 0 amide bonds. The van der Waals surface area contributed by atoms with Crippen LogP contribution in [0.3, 0.4) is 0 Å². The Morgan fingerprint density at radius 3 is 2.28 bits per heavy atom. The van der Waals surface area contributed by atoms with E-state index in [1.54, 1.807) is 29.9 Å². The molecule has 0 aliphatic heterocycles. The highest BCUT2D eigenvalue weighted by molar-refractivity contribution is 5.64. The van der Waals surface area contributed by atoms with Crippen molar-refractivity contribution in [3.05, 3.63) is 76.4 Å². The summed E-state index contributed by atoms with van der Waals surface area (Å²) in [6, 6.07) is 7.70. The lowest BCUT2D eigenvalue weighted by atomic mass is 10.0. The third-order valence-electron chi connectivity index (χ3n) is 5.40. The molecular weight excluding hydrogens is 424 g/mol. The standard InChI is InChI=1S/C22H20F4N6/c1-12-18(31(4)30-21(12)15-5-7-16(23)8-6-15)9-17-10-19(28-11-27-17)32-14(3)20(13(2)29-32)22(24,25)26/h5-8,10-11H,9H2,1-4H3. The molecule has 0 bridgehead atoms. The van der Waals surface area contributed by atoms with Gasteiger partial charge in [0.1, 0.15) is 12.1 Å². The van der Waals surface area contributed by atoms with Gasteiger partial charge in [0.05, 0.1) is 28.3 Å². The number of aryl methyl sites for hydroxylation is 2. The average Bonchev–Trinajstić information content (AvgIpc) is 3.18. The van der Waals surface area contributed by atoms with Crippen LogP contribution in [0.25, 0.3) is 17.1 Å². The van der Waals surface area contributed by atoms with E-state index in [0.29, 0.717) is 12.1 Å². The van der Waals surface area contributed by atoms with Gasteiger partial charge in [0.25, 0.3) is 0 Å². The van der Waals surface area contributed by atoms with E-state index in [1.165, 1.54) is 37.0 Å². The molecule has 0 saturated heterocycles. The van der Waals surface area contributed by atoms with Gasteiger partial charge in [-0.3, -0.25) is 4.68 Å². The van der Waals surface area contributed by atoms with E-state index >= 15 is 0 Å². The third-order valence-corrected chi connectivity index (χ3v) is 5.40. The van der Waals surface area contributed by atoms with E-state index in [0.717, 1.165) is 22.5 Å². The van der Waals surface area contributed by atoms with Crippen LogP contribution in [0.1, 0.15) is 33.9 Å². The summed E-state index contributed by atoms with van der Waals surface area (Å²) in [5.74, 6) is -0.0708. The predicted molar refractivity (Wildman–Crippen MR) is 110 cm³/mol. The number of benzene rings is 1. The molecule has 0 atom stereocenters. The van der Waals surface area contributed by atoms with Gasteiger partial charge in [-0.15, -0.1) is 0 Å². The van der Waals surface area contributed by atoms with Gasteiger partial charge in [-0.05, 0) is 50.6 Å². The topological polar surface area (TPSA) is 61.4 Å². The number of hydrogen-bond acceptors (Lipinski definition) is 4. The summed E-state index contributed by atoms with van der Waals surface area (Å²) in [6.45, 7) is 4.61. The van der Waals surface area contributed by atoms with Crippen LogP contribution in [0.4, 0.5) is 17.6 Å². The summed E-state index contributed by atoms with van der Waals surface area (Å²) in [5, 5.41) is 8.59. The molecular formula is C22H20F4N6. The molecule has 0 fully saturated rings. The van der Waals surface area contributed by atoms with Crippen molar-refractivity contribution in [2.24, 2.45) is 7.05 Å². The van der Waals surface area contributed by atoms with Gasteiger partial charge in [-0.25, -0.2) is 19.0 Å². The Bertz CT molecular complexity index is 1290. The molecule has 4 aromatic rings. The zero-order chi connectivity index (χ0) is 23.2. The fraction of sp³-hybridized carbons (Fsp3) is 0.273. The van der Waals surface area contributed by atoms with Gasteiger partial charge in [0, 0.05) is 30.8 Å². The summed E-state index contributed by atoms with van der Waals surface area (Å²) < 4.78 is 56.2. The Morgan fingerprint density at radius 2 is 1.66 bits per heavy atom. The SMILES string of the molecule is Cc1nn(-c2cc(Cc3c(C)c(-c4ccc(F)cc4)nn3C)ncn2)c(C)c1C(F)(F)F. The van der Waals surface area contributed by atoms with E-state index < -0.39 is 11.7 Å². The van der Waals surface area contributed by atoms with Crippen molar-refractivity contribution >= 4 is 0 Å². The normalized spacial score (nSPS) is 11.9. The summed E-state index contributed by atoms with van der Waals surface area (Å²) in [5.41, 5.74) is 3.00. The predicted octanol–water partition coefficient (Wildman–Crippen LogP) is 4.74. The van der Waals surface area contributed by atoms with E-state index in [9.17, 15) is 17.6 Å². The van der Waals surface area contributed by atoms with Crippen LogP contribution in [0.2, 0.25) is 0 Å². The van der Waals surface area contributed by atoms with E-state index in [1.807, 2.05) is 6.92 Å². The quantitative estimate of drug-likeness (QED) is 0.427. The van der Waals surface area contributed by atoms with Crippen LogP contribution in [-0.4, -0.2) is 29.5 Å². The zero-order valence-corrected chi connectivity index (χ0v) is 17.9. The second-order valence-electron chi connectivity index (χ2n) is 7.55. The lowest BCUT2D eigenvalue weighted by molar-refractivity contribution is -0.138. The maximum absolute atomic E-state index is 13.3. The molecule has 32 heavy (non-hydrogen) atoms. The Labute approximate surface area is 181 Å². The molecule has 0 N–H and O–H groups in total. The number of nitrogens with zero attached hydrogens (tertiary/aromatic N) is 6. The number of alkyl halides is 3. The van der Waals surface area contributed by atoms with Gasteiger partial charge in [0.15, 0.2) is 5.82 Å². The van der Waals surface area contributed by atoms with Crippen molar-refractivity contribution < 1.29 is 17.6 Å². The Morgan fingerprint density at radius 1 is 0.969 bits per heavy atom. The van der Waals surface area contributed by atoms with Gasteiger partial charge in [0.2, 0.25) is 0 Å². The smallest absolute Gasteiger partial charge is 0.271 e. The molecule has 0 unspecified atom stereocenters.